The number of nitrogen functional groups attached to an aromatic ring is 1. The van der Waals surface area contributed by atoms with E-state index < -0.39 is 10.0 Å². The summed E-state index contributed by atoms with van der Waals surface area (Å²) in [6, 6.07) is 6.60. The summed E-state index contributed by atoms with van der Waals surface area (Å²) in [6.45, 7) is 2.53. The number of nitrogens with one attached hydrogen (secondary N) is 1. The van der Waals surface area contributed by atoms with Gasteiger partial charge in [-0.3, -0.25) is 0 Å². The highest BCUT2D eigenvalue weighted by Gasteiger charge is 2.15. The van der Waals surface area contributed by atoms with Gasteiger partial charge in [0.05, 0.1) is 22.5 Å². The molecule has 1 aromatic heterocycles. The van der Waals surface area contributed by atoms with Gasteiger partial charge in [0.15, 0.2) is 0 Å². The van der Waals surface area contributed by atoms with Crippen LogP contribution in [0, 0.1) is 6.92 Å². The summed E-state index contributed by atoms with van der Waals surface area (Å²) in [5.74, 6) is 0.856. The Kier molecular flexibility index (Phi) is 4.24. The summed E-state index contributed by atoms with van der Waals surface area (Å²) in [6.07, 6.45) is 1.64. The van der Waals surface area contributed by atoms with Gasteiger partial charge in [-0.25, -0.2) is 13.1 Å². The first-order valence-corrected chi connectivity index (χ1v) is 7.90. The first-order valence-electron chi connectivity index (χ1n) is 6.42. The van der Waals surface area contributed by atoms with E-state index in [0.717, 1.165) is 17.0 Å². The molecule has 0 aliphatic heterocycles. The second-order valence-electron chi connectivity index (χ2n) is 4.79. The molecule has 0 bridgehead atoms. The number of furan rings is 1. The van der Waals surface area contributed by atoms with E-state index in [-0.39, 0.29) is 4.90 Å². The lowest BCUT2D eigenvalue weighted by molar-refractivity contribution is 0.529. The molecule has 0 saturated carbocycles. The molecule has 21 heavy (non-hydrogen) atoms. The normalized spacial score (nSPS) is 11.6. The van der Waals surface area contributed by atoms with Crippen LogP contribution in [0.4, 0.5) is 11.4 Å². The van der Waals surface area contributed by atoms with Crippen LogP contribution in [0.5, 0.6) is 0 Å². The molecule has 0 aliphatic carbocycles. The SMILES string of the molecule is CNS(=O)(=O)c1ccc(N(C)Cc2ccoc2C)c(N)c1. The zero-order valence-corrected chi connectivity index (χ0v) is 13.1. The topological polar surface area (TPSA) is 88.6 Å². The van der Waals surface area contributed by atoms with Crippen molar-refractivity contribution in [3.8, 4) is 0 Å². The molecule has 0 radical (unpaired) electrons. The molecule has 6 nitrogen and oxygen atoms in total. The number of hydrogen-bond donors (Lipinski definition) is 2. The lowest BCUT2D eigenvalue weighted by atomic mass is 10.2. The van der Waals surface area contributed by atoms with Crippen molar-refractivity contribution in [3.05, 3.63) is 41.9 Å². The minimum atomic E-state index is -3.48. The Labute approximate surface area is 124 Å². The molecule has 7 heteroatoms. The van der Waals surface area contributed by atoms with Crippen molar-refractivity contribution in [3.63, 3.8) is 0 Å². The van der Waals surface area contributed by atoms with E-state index in [1.165, 1.54) is 19.2 Å². The number of benzene rings is 1. The summed E-state index contributed by atoms with van der Waals surface area (Å²) in [5, 5.41) is 0. The van der Waals surface area contributed by atoms with Crippen molar-refractivity contribution >= 4 is 21.4 Å². The highest BCUT2D eigenvalue weighted by Crippen LogP contribution is 2.27. The maximum absolute atomic E-state index is 11.7. The first kappa shape index (κ1) is 15.4. The third-order valence-electron chi connectivity index (χ3n) is 3.36. The standard InChI is InChI=1S/C14H19N3O3S/c1-10-11(6-7-20-10)9-17(3)14-5-4-12(8-13(14)15)21(18,19)16-2/h4-8,16H,9,15H2,1-3H3. The zero-order chi connectivity index (χ0) is 15.6. The van der Waals surface area contributed by atoms with Crippen LogP contribution in [0.2, 0.25) is 0 Å². The second kappa shape index (κ2) is 5.79. The molecule has 114 valence electrons. The Morgan fingerprint density at radius 3 is 2.57 bits per heavy atom. The van der Waals surface area contributed by atoms with Crippen molar-refractivity contribution in [2.45, 2.75) is 18.4 Å². The maximum Gasteiger partial charge on any atom is 0.240 e. The highest BCUT2D eigenvalue weighted by molar-refractivity contribution is 7.89. The van der Waals surface area contributed by atoms with Gasteiger partial charge in [0.2, 0.25) is 10.0 Å². The average Bonchev–Trinajstić information content (AvgIpc) is 2.84. The van der Waals surface area contributed by atoms with Crippen LogP contribution in [0.15, 0.2) is 39.8 Å². The van der Waals surface area contributed by atoms with Gasteiger partial charge in [-0.1, -0.05) is 0 Å². The molecule has 0 atom stereocenters. The molecule has 1 heterocycles. The predicted molar refractivity (Wildman–Crippen MR) is 82.7 cm³/mol. The third-order valence-corrected chi connectivity index (χ3v) is 4.78. The minimum absolute atomic E-state index is 0.152. The Hall–Kier alpha value is -1.99. The Morgan fingerprint density at radius 1 is 1.33 bits per heavy atom. The number of nitrogens with zero attached hydrogens (tertiary/aromatic N) is 1. The zero-order valence-electron chi connectivity index (χ0n) is 12.3. The van der Waals surface area contributed by atoms with E-state index in [1.807, 2.05) is 24.9 Å². The fourth-order valence-electron chi connectivity index (χ4n) is 2.08. The van der Waals surface area contributed by atoms with Crippen LogP contribution in [0.3, 0.4) is 0 Å². The summed E-state index contributed by atoms with van der Waals surface area (Å²) in [4.78, 5) is 2.10. The van der Waals surface area contributed by atoms with Crippen LogP contribution in [0.1, 0.15) is 11.3 Å². The van der Waals surface area contributed by atoms with Gasteiger partial charge in [-0.2, -0.15) is 0 Å². The average molecular weight is 309 g/mol. The van der Waals surface area contributed by atoms with Crippen molar-refractivity contribution in [1.82, 2.24) is 4.72 Å². The van der Waals surface area contributed by atoms with E-state index in [9.17, 15) is 8.42 Å². The number of sulfonamides is 1. The van der Waals surface area contributed by atoms with Crippen molar-refractivity contribution in [2.75, 3.05) is 24.7 Å². The molecule has 0 aliphatic rings. The molecule has 0 saturated heterocycles. The molecule has 0 spiro atoms. The number of hydrogen-bond acceptors (Lipinski definition) is 5. The monoisotopic (exact) mass is 309 g/mol. The number of anilines is 2. The van der Waals surface area contributed by atoms with E-state index in [1.54, 1.807) is 12.3 Å². The van der Waals surface area contributed by atoms with Gasteiger partial charge in [0.25, 0.3) is 0 Å². The molecule has 2 rings (SSSR count). The third kappa shape index (κ3) is 3.20. The summed E-state index contributed by atoms with van der Waals surface area (Å²) < 4.78 is 31.0. The molecule has 2 aromatic rings. The fourth-order valence-corrected chi connectivity index (χ4v) is 2.85. The summed E-state index contributed by atoms with van der Waals surface area (Å²) in [5.41, 5.74) is 8.22. The molecule has 0 unspecified atom stereocenters. The maximum atomic E-state index is 11.7. The van der Waals surface area contributed by atoms with Crippen molar-refractivity contribution in [2.24, 2.45) is 0 Å². The van der Waals surface area contributed by atoms with Crippen LogP contribution in [-0.2, 0) is 16.6 Å². The van der Waals surface area contributed by atoms with Gasteiger partial charge in [0, 0.05) is 19.2 Å². The predicted octanol–water partition coefficient (Wildman–Crippen LogP) is 1.71. The van der Waals surface area contributed by atoms with Gasteiger partial charge < -0.3 is 15.1 Å². The van der Waals surface area contributed by atoms with E-state index in [0.29, 0.717) is 12.2 Å². The van der Waals surface area contributed by atoms with E-state index in [4.69, 9.17) is 10.2 Å². The van der Waals surface area contributed by atoms with Crippen LogP contribution in [-0.4, -0.2) is 22.5 Å². The number of nitrogens with two attached hydrogens (primary N) is 1. The Morgan fingerprint density at radius 2 is 2.05 bits per heavy atom. The van der Waals surface area contributed by atoms with Gasteiger partial charge >= 0.3 is 0 Å². The minimum Gasteiger partial charge on any atom is -0.469 e. The van der Waals surface area contributed by atoms with E-state index >= 15 is 0 Å². The Bertz CT molecular complexity index is 738. The lowest BCUT2D eigenvalue weighted by Gasteiger charge is -2.21. The number of rotatable bonds is 5. The Balaban J connectivity index is 2.27. The van der Waals surface area contributed by atoms with Crippen LogP contribution >= 0.6 is 0 Å². The van der Waals surface area contributed by atoms with Gasteiger partial charge in [0.1, 0.15) is 5.76 Å². The largest absolute Gasteiger partial charge is 0.469 e. The number of aryl methyl sites for hydroxylation is 1. The van der Waals surface area contributed by atoms with Crippen molar-refractivity contribution in [1.29, 1.82) is 0 Å². The first-order chi connectivity index (χ1) is 9.85. The fraction of sp³-hybridized carbons (Fsp3) is 0.286. The van der Waals surface area contributed by atoms with Gasteiger partial charge in [-0.15, -0.1) is 0 Å². The molecular weight excluding hydrogens is 290 g/mol. The highest BCUT2D eigenvalue weighted by atomic mass is 32.2. The van der Waals surface area contributed by atoms with Gasteiger partial charge in [-0.05, 0) is 38.2 Å². The van der Waals surface area contributed by atoms with Crippen LogP contribution < -0.4 is 15.4 Å². The summed E-state index contributed by atoms with van der Waals surface area (Å²) in [7, 11) is -0.222. The van der Waals surface area contributed by atoms with Crippen molar-refractivity contribution < 1.29 is 12.8 Å². The van der Waals surface area contributed by atoms with E-state index in [2.05, 4.69) is 4.72 Å². The summed E-state index contributed by atoms with van der Waals surface area (Å²) >= 11 is 0. The quantitative estimate of drug-likeness (QED) is 0.821. The lowest BCUT2D eigenvalue weighted by Crippen LogP contribution is -2.20. The molecule has 1 aromatic carbocycles. The molecular formula is C14H19N3O3S. The molecule has 3 N–H and O–H groups in total. The molecule has 0 amide bonds. The smallest absolute Gasteiger partial charge is 0.240 e. The van der Waals surface area contributed by atoms with Crippen LogP contribution in [0.25, 0.3) is 0 Å². The second-order valence-corrected chi connectivity index (χ2v) is 6.67. The molecule has 0 fully saturated rings.